The molecule has 0 N–H and O–H groups in total. The zero-order chi connectivity index (χ0) is 15.6. The molecule has 108 valence electrons. The first-order chi connectivity index (χ1) is 9.88. The number of nitro benzene ring substituents is 1. The molecule has 2 rings (SSSR count). The topological polar surface area (TPSA) is 60.2 Å². The summed E-state index contributed by atoms with van der Waals surface area (Å²) in [5, 5.41) is 10.9. The van der Waals surface area contributed by atoms with Crippen LogP contribution >= 0.6 is 11.8 Å². The molecule has 0 radical (unpaired) electrons. The van der Waals surface area contributed by atoms with Crippen LogP contribution in [0.15, 0.2) is 46.2 Å². The van der Waals surface area contributed by atoms with Crippen LogP contribution in [0.4, 0.5) is 5.69 Å². The molecule has 0 amide bonds. The molecule has 5 heteroatoms. The molecule has 0 saturated heterocycles. The van der Waals surface area contributed by atoms with E-state index in [-0.39, 0.29) is 17.0 Å². The van der Waals surface area contributed by atoms with Gasteiger partial charge in [0.15, 0.2) is 5.78 Å². The minimum Gasteiger partial charge on any atom is -0.294 e. The molecular formula is C16H15NO3S. The van der Waals surface area contributed by atoms with Crippen molar-refractivity contribution in [1.29, 1.82) is 0 Å². The van der Waals surface area contributed by atoms with E-state index in [1.807, 2.05) is 26.0 Å². The standard InChI is InChI=1S/C16H15NO3S/c1-10-4-5-13(8-11(10)2)21-14-6-7-16(17(19)20)15(9-14)12(3)18/h4-9H,1-3H3. The highest BCUT2D eigenvalue weighted by molar-refractivity contribution is 7.99. The third-order valence-corrected chi connectivity index (χ3v) is 4.24. The van der Waals surface area contributed by atoms with Gasteiger partial charge in [0.1, 0.15) is 0 Å². The summed E-state index contributed by atoms with van der Waals surface area (Å²) in [4.78, 5) is 23.8. The minimum absolute atomic E-state index is 0.146. The van der Waals surface area contributed by atoms with Crippen LogP contribution in [0, 0.1) is 24.0 Å². The van der Waals surface area contributed by atoms with Gasteiger partial charge < -0.3 is 0 Å². The lowest BCUT2D eigenvalue weighted by Gasteiger charge is -2.06. The number of aryl methyl sites for hydroxylation is 2. The van der Waals surface area contributed by atoms with E-state index < -0.39 is 4.92 Å². The molecule has 0 atom stereocenters. The van der Waals surface area contributed by atoms with Crippen molar-refractivity contribution in [3.8, 4) is 0 Å². The van der Waals surface area contributed by atoms with E-state index in [0.29, 0.717) is 0 Å². The number of nitro groups is 1. The summed E-state index contributed by atoms with van der Waals surface area (Å²) in [6.07, 6.45) is 0. The van der Waals surface area contributed by atoms with Crippen molar-refractivity contribution in [3.05, 3.63) is 63.2 Å². The smallest absolute Gasteiger partial charge is 0.280 e. The molecule has 0 aliphatic rings. The van der Waals surface area contributed by atoms with Crippen LogP contribution in [0.25, 0.3) is 0 Å². The molecule has 0 unspecified atom stereocenters. The summed E-state index contributed by atoms with van der Waals surface area (Å²) in [6.45, 7) is 5.42. The average Bonchev–Trinajstić information content (AvgIpc) is 2.42. The van der Waals surface area contributed by atoms with Crippen LogP contribution in [0.2, 0.25) is 0 Å². The van der Waals surface area contributed by atoms with Crippen LogP contribution in [0.1, 0.15) is 28.4 Å². The molecule has 0 bridgehead atoms. The number of hydrogen-bond donors (Lipinski definition) is 0. The lowest BCUT2D eigenvalue weighted by molar-refractivity contribution is -0.385. The SMILES string of the molecule is CC(=O)c1cc(Sc2ccc(C)c(C)c2)ccc1[N+](=O)[O-]. The second-order valence-electron chi connectivity index (χ2n) is 4.84. The summed E-state index contributed by atoms with van der Waals surface area (Å²) >= 11 is 1.49. The van der Waals surface area contributed by atoms with E-state index in [4.69, 9.17) is 0 Å². The van der Waals surface area contributed by atoms with Gasteiger partial charge in [-0.25, -0.2) is 0 Å². The molecule has 0 aliphatic carbocycles. The fourth-order valence-corrected chi connectivity index (χ4v) is 2.89. The molecule has 0 saturated carbocycles. The Labute approximate surface area is 127 Å². The van der Waals surface area contributed by atoms with Crippen LogP contribution in [0.5, 0.6) is 0 Å². The Morgan fingerprint density at radius 1 is 1.05 bits per heavy atom. The first kappa shape index (κ1) is 15.3. The number of nitrogens with zero attached hydrogens (tertiary/aromatic N) is 1. The number of hydrogen-bond acceptors (Lipinski definition) is 4. The second-order valence-corrected chi connectivity index (χ2v) is 5.99. The molecule has 0 aromatic heterocycles. The first-order valence-electron chi connectivity index (χ1n) is 6.43. The molecule has 4 nitrogen and oxygen atoms in total. The Hall–Kier alpha value is -2.14. The highest BCUT2D eigenvalue weighted by atomic mass is 32.2. The van der Waals surface area contributed by atoms with E-state index in [1.165, 1.54) is 35.9 Å². The molecule has 0 spiro atoms. The van der Waals surface area contributed by atoms with Gasteiger partial charge in [0.2, 0.25) is 0 Å². The van der Waals surface area contributed by atoms with Gasteiger partial charge in [0.05, 0.1) is 10.5 Å². The van der Waals surface area contributed by atoms with Gasteiger partial charge in [-0.1, -0.05) is 17.8 Å². The molecule has 0 heterocycles. The highest BCUT2D eigenvalue weighted by Gasteiger charge is 2.17. The summed E-state index contributed by atoms with van der Waals surface area (Å²) < 4.78 is 0. The van der Waals surface area contributed by atoms with Gasteiger partial charge >= 0.3 is 0 Å². The molecule has 0 aliphatic heterocycles. The maximum absolute atomic E-state index is 11.6. The molecule has 2 aromatic rings. The van der Waals surface area contributed by atoms with Gasteiger partial charge in [0, 0.05) is 15.9 Å². The third-order valence-electron chi connectivity index (χ3n) is 3.26. The summed E-state index contributed by atoms with van der Waals surface area (Å²) in [5.74, 6) is -0.302. The van der Waals surface area contributed by atoms with Crippen molar-refractivity contribution in [3.63, 3.8) is 0 Å². The van der Waals surface area contributed by atoms with E-state index in [1.54, 1.807) is 12.1 Å². The number of Topliss-reactive ketones (excluding diaryl/α,β-unsaturated/α-hetero) is 1. The van der Waals surface area contributed by atoms with Gasteiger partial charge in [-0.2, -0.15) is 0 Å². The Balaban J connectivity index is 2.36. The van der Waals surface area contributed by atoms with Gasteiger partial charge in [-0.05, 0) is 56.2 Å². The number of carbonyl (C=O) groups excluding carboxylic acids is 1. The van der Waals surface area contributed by atoms with Crippen LogP contribution in [0.3, 0.4) is 0 Å². The van der Waals surface area contributed by atoms with Gasteiger partial charge in [0.25, 0.3) is 5.69 Å². The number of benzene rings is 2. The van der Waals surface area contributed by atoms with Crippen molar-refractivity contribution in [1.82, 2.24) is 0 Å². The Morgan fingerprint density at radius 2 is 1.67 bits per heavy atom. The van der Waals surface area contributed by atoms with Crippen molar-refractivity contribution < 1.29 is 9.72 Å². The fourth-order valence-electron chi connectivity index (χ4n) is 1.93. The quantitative estimate of drug-likeness (QED) is 0.471. The van der Waals surface area contributed by atoms with E-state index >= 15 is 0 Å². The maximum atomic E-state index is 11.6. The number of rotatable bonds is 4. The molecular weight excluding hydrogens is 286 g/mol. The third kappa shape index (κ3) is 3.49. The Morgan fingerprint density at radius 3 is 2.24 bits per heavy atom. The van der Waals surface area contributed by atoms with Crippen molar-refractivity contribution in [2.75, 3.05) is 0 Å². The van der Waals surface area contributed by atoms with E-state index in [9.17, 15) is 14.9 Å². The minimum atomic E-state index is -0.527. The summed E-state index contributed by atoms with van der Waals surface area (Å²) in [5.41, 5.74) is 2.40. The largest absolute Gasteiger partial charge is 0.294 e. The fraction of sp³-hybridized carbons (Fsp3) is 0.188. The highest BCUT2D eigenvalue weighted by Crippen LogP contribution is 2.32. The maximum Gasteiger partial charge on any atom is 0.280 e. The van der Waals surface area contributed by atoms with Crippen LogP contribution in [-0.4, -0.2) is 10.7 Å². The Bertz CT molecular complexity index is 725. The van der Waals surface area contributed by atoms with Crippen molar-refractivity contribution in [2.45, 2.75) is 30.6 Å². The van der Waals surface area contributed by atoms with Crippen LogP contribution < -0.4 is 0 Å². The summed E-state index contributed by atoms with van der Waals surface area (Å²) in [6, 6.07) is 10.7. The zero-order valence-corrected chi connectivity index (χ0v) is 12.9. The van der Waals surface area contributed by atoms with E-state index in [0.717, 1.165) is 9.79 Å². The molecule has 0 fully saturated rings. The predicted octanol–water partition coefficient (Wildman–Crippen LogP) is 4.57. The van der Waals surface area contributed by atoms with E-state index in [2.05, 4.69) is 6.07 Å². The zero-order valence-electron chi connectivity index (χ0n) is 12.0. The normalized spacial score (nSPS) is 10.4. The average molecular weight is 301 g/mol. The number of ketones is 1. The first-order valence-corrected chi connectivity index (χ1v) is 7.24. The molecule has 21 heavy (non-hydrogen) atoms. The van der Waals surface area contributed by atoms with Gasteiger partial charge in [-0.3, -0.25) is 14.9 Å². The number of carbonyl (C=O) groups is 1. The van der Waals surface area contributed by atoms with Crippen LogP contribution in [-0.2, 0) is 0 Å². The summed E-state index contributed by atoms with van der Waals surface area (Å²) in [7, 11) is 0. The lowest BCUT2D eigenvalue weighted by Crippen LogP contribution is -2.00. The van der Waals surface area contributed by atoms with Crippen molar-refractivity contribution >= 4 is 23.2 Å². The molecule has 2 aromatic carbocycles. The van der Waals surface area contributed by atoms with Gasteiger partial charge in [-0.15, -0.1) is 0 Å². The van der Waals surface area contributed by atoms with Crippen molar-refractivity contribution in [2.24, 2.45) is 0 Å². The Kier molecular flexibility index (Phi) is 4.43. The monoisotopic (exact) mass is 301 g/mol. The predicted molar refractivity (Wildman–Crippen MR) is 83.1 cm³/mol. The second kappa shape index (κ2) is 6.10. The lowest BCUT2D eigenvalue weighted by atomic mass is 10.1.